The molecule has 0 N–H and O–H groups in total. The summed E-state index contributed by atoms with van der Waals surface area (Å²) in [5, 5.41) is 0. The van der Waals surface area contributed by atoms with Gasteiger partial charge in [-0.15, -0.1) is 0 Å². The predicted molar refractivity (Wildman–Crippen MR) is 54.9 cm³/mol. The second kappa shape index (κ2) is 2.24. The molecule has 0 amide bonds. The van der Waals surface area contributed by atoms with Crippen molar-refractivity contribution in [3.8, 4) is 0 Å². The molecule has 3 atom stereocenters. The van der Waals surface area contributed by atoms with Crippen molar-refractivity contribution in [2.75, 3.05) is 0 Å². The Hall–Kier alpha value is 0.470. The Morgan fingerprint density at radius 2 is 2.09 bits per heavy atom. The van der Waals surface area contributed by atoms with Crippen molar-refractivity contribution in [1.29, 1.82) is 0 Å². The molecule has 0 saturated heterocycles. The first-order chi connectivity index (χ1) is 5.36. The highest BCUT2D eigenvalue weighted by Gasteiger charge is 2.44. The maximum atomic E-state index is 2.65. The standard InChI is InChI=1S/C10H13I/c11-9-4-3-8-6-1-2-7(5-6)10(8)9/h6,8-9H,1-5H2. The lowest BCUT2D eigenvalue weighted by Gasteiger charge is -2.18. The summed E-state index contributed by atoms with van der Waals surface area (Å²) in [6.07, 6.45) is 7.44. The first kappa shape index (κ1) is 6.93. The minimum Gasteiger partial charge on any atom is -0.0778 e. The van der Waals surface area contributed by atoms with E-state index in [1.807, 2.05) is 11.1 Å². The number of halogens is 1. The second-order valence-corrected chi connectivity index (χ2v) is 5.72. The predicted octanol–water partition coefficient (Wildman–Crippen LogP) is 3.31. The molecule has 3 aliphatic rings. The lowest BCUT2D eigenvalue weighted by molar-refractivity contribution is 0.411. The summed E-state index contributed by atoms with van der Waals surface area (Å²) in [5.74, 6) is 2.15. The number of alkyl halides is 1. The molecule has 2 saturated carbocycles. The first-order valence-electron chi connectivity index (χ1n) is 4.72. The van der Waals surface area contributed by atoms with E-state index in [1.54, 1.807) is 0 Å². The molecule has 3 unspecified atom stereocenters. The van der Waals surface area contributed by atoms with Crippen LogP contribution in [-0.4, -0.2) is 3.92 Å². The zero-order chi connectivity index (χ0) is 7.42. The summed E-state index contributed by atoms with van der Waals surface area (Å²) in [4.78, 5) is 0. The monoisotopic (exact) mass is 260 g/mol. The molecule has 0 aromatic heterocycles. The Bertz CT molecular complexity index is 229. The topological polar surface area (TPSA) is 0 Å². The summed E-state index contributed by atoms with van der Waals surface area (Å²) in [7, 11) is 0. The Morgan fingerprint density at radius 1 is 1.18 bits per heavy atom. The van der Waals surface area contributed by atoms with Gasteiger partial charge in [-0.05, 0) is 43.9 Å². The van der Waals surface area contributed by atoms with Crippen LogP contribution in [0.4, 0.5) is 0 Å². The van der Waals surface area contributed by atoms with Gasteiger partial charge in [0.15, 0.2) is 0 Å². The number of hydrogen-bond donors (Lipinski definition) is 0. The molecule has 60 valence electrons. The van der Waals surface area contributed by atoms with Gasteiger partial charge in [-0.1, -0.05) is 33.7 Å². The van der Waals surface area contributed by atoms with E-state index in [4.69, 9.17) is 0 Å². The van der Waals surface area contributed by atoms with Crippen molar-refractivity contribution in [1.82, 2.24) is 0 Å². The number of rotatable bonds is 0. The van der Waals surface area contributed by atoms with E-state index in [0.717, 1.165) is 15.8 Å². The van der Waals surface area contributed by atoms with Crippen molar-refractivity contribution in [2.24, 2.45) is 11.8 Å². The van der Waals surface area contributed by atoms with Gasteiger partial charge in [-0.3, -0.25) is 0 Å². The lowest BCUT2D eigenvalue weighted by atomic mass is 9.89. The van der Waals surface area contributed by atoms with Crippen LogP contribution in [0.15, 0.2) is 11.1 Å². The first-order valence-corrected chi connectivity index (χ1v) is 5.96. The van der Waals surface area contributed by atoms with Gasteiger partial charge in [0.1, 0.15) is 0 Å². The highest BCUT2D eigenvalue weighted by molar-refractivity contribution is 14.1. The molecule has 0 aliphatic heterocycles. The smallest absolute Gasteiger partial charge is 0.0324 e. The Labute approximate surface area is 81.6 Å². The van der Waals surface area contributed by atoms with Crippen LogP contribution in [0.2, 0.25) is 0 Å². The zero-order valence-corrected chi connectivity index (χ0v) is 8.80. The third-order valence-corrected chi connectivity index (χ3v) is 5.06. The van der Waals surface area contributed by atoms with Gasteiger partial charge >= 0.3 is 0 Å². The molecular weight excluding hydrogens is 247 g/mol. The van der Waals surface area contributed by atoms with Gasteiger partial charge in [0.25, 0.3) is 0 Å². The number of allylic oxidation sites excluding steroid dienone is 2. The van der Waals surface area contributed by atoms with Crippen molar-refractivity contribution in [3.05, 3.63) is 11.1 Å². The van der Waals surface area contributed by atoms with Gasteiger partial charge in [0.2, 0.25) is 0 Å². The maximum absolute atomic E-state index is 2.65. The van der Waals surface area contributed by atoms with E-state index in [-0.39, 0.29) is 0 Å². The Kier molecular flexibility index (Phi) is 1.41. The molecule has 3 aliphatic carbocycles. The van der Waals surface area contributed by atoms with Crippen LogP contribution in [0.3, 0.4) is 0 Å². The molecule has 11 heavy (non-hydrogen) atoms. The van der Waals surface area contributed by atoms with Gasteiger partial charge in [-0.2, -0.15) is 0 Å². The van der Waals surface area contributed by atoms with Crippen LogP contribution < -0.4 is 0 Å². The fourth-order valence-electron chi connectivity index (χ4n) is 3.33. The summed E-state index contributed by atoms with van der Waals surface area (Å²) >= 11 is 2.65. The second-order valence-electron chi connectivity index (χ2n) is 4.21. The van der Waals surface area contributed by atoms with Crippen molar-refractivity contribution >= 4 is 22.6 Å². The van der Waals surface area contributed by atoms with Crippen molar-refractivity contribution in [3.63, 3.8) is 0 Å². The minimum absolute atomic E-state index is 0.929. The summed E-state index contributed by atoms with van der Waals surface area (Å²) in [6.45, 7) is 0. The van der Waals surface area contributed by atoms with Crippen LogP contribution in [0, 0.1) is 11.8 Å². The highest BCUT2D eigenvalue weighted by Crippen LogP contribution is 2.56. The molecule has 0 nitrogen and oxygen atoms in total. The lowest BCUT2D eigenvalue weighted by Crippen LogP contribution is -2.08. The maximum Gasteiger partial charge on any atom is 0.0324 e. The van der Waals surface area contributed by atoms with Gasteiger partial charge in [0.05, 0.1) is 0 Å². The van der Waals surface area contributed by atoms with E-state index in [2.05, 4.69) is 22.6 Å². The zero-order valence-electron chi connectivity index (χ0n) is 6.65. The molecule has 0 heterocycles. The molecule has 3 rings (SSSR count). The number of fused-ring (bicyclic) bond motifs is 4. The SMILES string of the molecule is IC1CCC2C1=C1CCC2C1. The number of hydrogen-bond acceptors (Lipinski definition) is 0. The molecule has 2 bridgehead atoms. The van der Waals surface area contributed by atoms with E-state index < -0.39 is 0 Å². The van der Waals surface area contributed by atoms with Crippen LogP contribution in [-0.2, 0) is 0 Å². The molecule has 0 aromatic rings. The molecule has 1 heteroatoms. The molecule has 0 radical (unpaired) electrons. The van der Waals surface area contributed by atoms with Gasteiger partial charge in [0, 0.05) is 3.92 Å². The average molecular weight is 260 g/mol. The van der Waals surface area contributed by atoms with Crippen molar-refractivity contribution in [2.45, 2.75) is 36.0 Å². The van der Waals surface area contributed by atoms with E-state index in [0.29, 0.717) is 0 Å². The third-order valence-electron chi connectivity index (χ3n) is 3.77. The minimum atomic E-state index is 0.929. The normalized spacial score (nSPS) is 47.2. The summed E-state index contributed by atoms with van der Waals surface area (Å²) in [5.41, 5.74) is 3.78. The Morgan fingerprint density at radius 3 is 2.91 bits per heavy atom. The van der Waals surface area contributed by atoms with Crippen LogP contribution in [0.25, 0.3) is 0 Å². The van der Waals surface area contributed by atoms with Gasteiger partial charge in [-0.25, -0.2) is 0 Å². The molecule has 0 aromatic carbocycles. The van der Waals surface area contributed by atoms with Crippen LogP contribution in [0.1, 0.15) is 32.1 Å². The highest BCUT2D eigenvalue weighted by atomic mass is 127. The third kappa shape index (κ3) is 0.809. The molecule has 2 fully saturated rings. The van der Waals surface area contributed by atoms with Crippen LogP contribution in [0.5, 0.6) is 0 Å². The van der Waals surface area contributed by atoms with Crippen molar-refractivity contribution < 1.29 is 0 Å². The summed E-state index contributed by atoms with van der Waals surface area (Å²) in [6, 6.07) is 0. The van der Waals surface area contributed by atoms with E-state index >= 15 is 0 Å². The fraction of sp³-hybridized carbons (Fsp3) is 0.800. The van der Waals surface area contributed by atoms with Crippen LogP contribution >= 0.6 is 22.6 Å². The fourth-order valence-corrected chi connectivity index (χ4v) is 4.59. The van der Waals surface area contributed by atoms with Gasteiger partial charge < -0.3 is 0 Å². The largest absolute Gasteiger partial charge is 0.0778 e. The van der Waals surface area contributed by atoms with E-state index in [1.165, 1.54) is 32.1 Å². The molecule has 0 spiro atoms. The molecular formula is C10H13I. The van der Waals surface area contributed by atoms with E-state index in [9.17, 15) is 0 Å². The summed E-state index contributed by atoms with van der Waals surface area (Å²) < 4.78 is 0.929. The quantitative estimate of drug-likeness (QED) is 0.356. The average Bonchev–Trinajstić information content (AvgIpc) is 2.60. The Balaban J connectivity index is 2.07.